The van der Waals surface area contributed by atoms with Crippen LogP contribution < -0.4 is 5.32 Å². The number of nitrogens with one attached hydrogen (secondary N) is 1. The molecule has 1 aliphatic carbocycles. The minimum Gasteiger partial charge on any atom is -0.480 e. The number of fused-ring (bicyclic) bond motifs is 3. The molecular weight excluding hydrogens is 342 g/mol. The molecule has 0 bridgehead atoms. The van der Waals surface area contributed by atoms with Gasteiger partial charge in [0.05, 0.1) is 0 Å². The Balaban J connectivity index is 1.78. The molecule has 1 aliphatic rings. The van der Waals surface area contributed by atoms with Crippen molar-refractivity contribution in [2.75, 3.05) is 6.61 Å². The monoisotopic (exact) mass is 367 g/mol. The normalized spacial score (nSPS) is 16.2. The summed E-state index contributed by atoms with van der Waals surface area (Å²) in [6.45, 7) is 7.52. The summed E-state index contributed by atoms with van der Waals surface area (Å²) < 4.78 is 5.44. The molecule has 5 nitrogen and oxygen atoms in total. The van der Waals surface area contributed by atoms with Gasteiger partial charge >= 0.3 is 12.1 Å². The lowest BCUT2D eigenvalue weighted by atomic mass is 9.87. The molecule has 27 heavy (non-hydrogen) atoms. The number of amides is 1. The van der Waals surface area contributed by atoms with E-state index in [0.717, 1.165) is 16.7 Å². The molecule has 0 aromatic heterocycles. The summed E-state index contributed by atoms with van der Waals surface area (Å²) >= 11 is 0. The molecule has 0 spiro atoms. The van der Waals surface area contributed by atoms with E-state index in [1.807, 2.05) is 18.2 Å². The molecule has 1 amide bonds. The van der Waals surface area contributed by atoms with Crippen molar-refractivity contribution in [3.8, 4) is 11.1 Å². The molecule has 5 heteroatoms. The second kappa shape index (κ2) is 7.06. The molecule has 2 aromatic rings. The molecule has 3 rings (SSSR count). The summed E-state index contributed by atoms with van der Waals surface area (Å²) in [7, 11) is 0. The fraction of sp³-hybridized carbons (Fsp3) is 0.364. The minimum atomic E-state index is -1.08. The molecule has 0 aliphatic heterocycles. The van der Waals surface area contributed by atoms with Gasteiger partial charge in [-0.25, -0.2) is 9.59 Å². The van der Waals surface area contributed by atoms with E-state index in [4.69, 9.17) is 4.74 Å². The number of aliphatic carboxylic acids is 1. The number of aryl methyl sites for hydroxylation is 1. The summed E-state index contributed by atoms with van der Waals surface area (Å²) in [5, 5.41) is 11.8. The van der Waals surface area contributed by atoms with E-state index in [1.165, 1.54) is 11.1 Å². The number of ether oxygens (including phenoxy) is 1. The van der Waals surface area contributed by atoms with Crippen molar-refractivity contribution < 1.29 is 19.4 Å². The van der Waals surface area contributed by atoms with Crippen molar-refractivity contribution in [2.24, 2.45) is 5.41 Å². The van der Waals surface area contributed by atoms with Crippen LogP contribution in [0.2, 0.25) is 0 Å². The Kier molecular flexibility index (Phi) is 4.96. The molecule has 0 fully saturated rings. The molecule has 142 valence electrons. The quantitative estimate of drug-likeness (QED) is 0.843. The number of alkyl carbamates (subject to hydrolysis) is 1. The highest BCUT2D eigenvalue weighted by molar-refractivity contribution is 5.82. The number of carbonyl (C=O) groups excluding carboxylic acids is 1. The summed E-state index contributed by atoms with van der Waals surface area (Å²) in [5.41, 5.74) is 5.19. The van der Waals surface area contributed by atoms with E-state index in [0.29, 0.717) is 0 Å². The molecule has 2 atom stereocenters. The molecule has 0 radical (unpaired) electrons. The fourth-order valence-electron chi connectivity index (χ4n) is 3.69. The maximum absolute atomic E-state index is 12.3. The summed E-state index contributed by atoms with van der Waals surface area (Å²) in [5.74, 6) is -1.13. The highest BCUT2D eigenvalue weighted by Gasteiger charge is 2.34. The summed E-state index contributed by atoms with van der Waals surface area (Å²) in [6, 6.07) is 13.2. The number of carbonyl (C=O) groups is 2. The van der Waals surface area contributed by atoms with Crippen LogP contribution in [0.5, 0.6) is 0 Å². The minimum absolute atomic E-state index is 0.0558. The Hall–Kier alpha value is -2.82. The average molecular weight is 367 g/mol. The van der Waals surface area contributed by atoms with Gasteiger partial charge in [0.2, 0.25) is 0 Å². The third kappa shape index (κ3) is 3.68. The molecular formula is C22H25NO4. The maximum Gasteiger partial charge on any atom is 0.407 e. The van der Waals surface area contributed by atoms with Crippen LogP contribution in [0.3, 0.4) is 0 Å². The number of rotatable bonds is 4. The Labute approximate surface area is 159 Å². The number of hydrogen-bond donors (Lipinski definition) is 2. The molecule has 2 aromatic carbocycles. The molecule has 0 heterocycles. The third-order valence-electron chi connectivity index (χ3n) is 5.04. The number of carboxylic acids is 1. The van der Waals surface area contributed by atoms with Crippen LogP contribution >= 0.6 is 0 Å². The maximum atomic E-state index is 12.3. The van der Waals surface area contributed by atoms with Gasteiger partial charge in [0, 0.05) is 5.92 Å². The van der Waals surface area contributed by atoms with E-state index in [1.54, 1.807) is 20.8 Å². The standard InChI is InChI=1S/C22H25NO4/c1-13-8-7-11-16-17(14-9-5-6-10-15(14)18(13)16)12-27-21(26)23-19(20(24)25)22(2,3)4/h5-11,17,19H,12H2,1-4H3,(H,23,26)(H,24,25)/t17?,19-/m1/s1. The van der Waals surface area contributed by atoms with Crippen molar-refractivity contribution >= 4 is 12.1 Å². The van der Waals surface area contributed by atoms with E-state index in [9.17, 15) is 14.7 Å². The van der Waals surface area contributed by atoms with Crippen LogP contribution in [-0.4, -0.2) is 29.8 Å². The van der Waals surface area contributed by atoms with Gasteiger partial charge in [-0.1, -0.05) is 63.2 Å². The lowest BCUT2D eigenvalue weighted by molar-refractivity contribution is -0.142. The van der Waals surface area contributed by atoms with Crippen molar-refractivity contribution in [1.82, 2.24) is 5.32 Å². The first kappa shape index (κ1) is 19.0. The van der Waals surface area contributed by atoms with Gasteiger partial charge in [-0.3, -0.25) is 0 Å². The second-order valence-electron chi connectivity index (χ2n) is 8.06. The van der Waals surface area contributed by atoms with Crippen molar-refractivity contribution in [3.63, 3.8) is 0 Å². The Morgan fingerprint density at radius 3 is 2.44 bits per heavy atom. The lowest BCUT2D eigenvalue weighted by Crippen LogP contribution is -2.49. The second-order valence-corrected chi connectivity index (χ2v) is 8.06. The molecule has 1 unspecified atom stereocenters. The van der Waals surface area contributed by atoms with Crippen LogP contribution in [-0.2, 0) is 9.53 Å². The van der Waals surface area contributed by atoms with Crippen LogP contribution in [0.1, 0.15) is 43.4 Å². The van der Waals surface area contributed by atoms with Gasteiger partial charge in [-0.2, -0.15) is 0 Å². The third-order valence-corrected chi connectivity index (χ3v) is 5.04. The van der Waals surface area contributed by atoms with Gasteiger partial charge in [0.15, 0.2) is 0 Å². The lowest BCUT2D eigenvalue weighted by Gasteiger charge is -2.27. The van der Waals surface area contributed by atoms with Gasteiger partial charge in [0.25, 0.3) is 0 Å². The van der Waals surface area contributed by atoms with Crippen LogP contribution in [0, 0.1) is 12.3 Å². The average Bonchev–Trinajstić information content (AvgIpc) is 2.91. The predicted molar refractivity (Wildman–Crippen MR) is 104 cm³/mol. The predicted octanol–water partition coefficient (Wildman–Crippen LogP) is 4.33. The number of hydrogen-bond acceptors (Lipinski definition) is 3. The van der Waals surface area contributed by atoms with E-state index in [2.05, 4.69) is 36.5 Å². The van der Waals surface area contributed by atoms with E-state index in [-0.39, 0.29) is 12.5 Å². The van der Waals surface area contributed by atoms with Gasteiger partial charge < -0.3 is 15.2 Å². The van der Waals surface area contributed by atoms with E-state index >= 15 is 0 Å². The summed E-state index contributed by atoms with van der Waals surface area (Å²) in [6.07, 6.45) is -0.712. The van der Waals surface area contributed by atoms with Gasteiger partial charge in [0.1, 0.15) is 12.6 Å². The zero-order valence-electron chi connectivity index (χ0n) is 16.1. The smallest absolute Gasteiger partial charge is 0.407 e. The number of benzene rings is 2. The van der Waals surface area contributed by atoms with Gasteiger partial charge in [-0.05, 0) is 40.2 Å². The zero-order chi connectivity index (χ0) is 19.8. The molecule has 0 saturated carbocycles. The first-order chi connectivity index (χ1) is 12.7. The topological polar surface area (TPSA) is 75.6 Å². The van der Waals surface area contributed by atoms with Crippen molar-refractivity contribution in [2.45, 2.75) is 39.7 Å². The SMILES string of the molecule is Cc1cccc2c1-c1ccccc1C2COC(=O)N[C@H](C(=O)O)C(C)(C)C. The van der Waals surface area contributed by atoms with E-state index < -0.39 is 23.5 Å². The highest BCUT2D eigenvalue weighted by Crippen LogP contribution is 2.46. The largest absolute Gasteiger partial charge is 0.480 e. The van der Waals surface area contributed by atoms with Crippen LogP contribution in [0.25, 0.3) is 11.1 Å². The highest BCUT2D eigenvalue weighted by atomic mass is 16.5. The number of carboxylic acid groups (broad SMARTS) is 1. The van der Waals surface area contributed by atoms with Crippen molar-refractivity contribution in [1.29, 1.82) is 0 Å². The Morgan fingerprint density at radius 2 is 1.78 bits per heavy atom. The molecule has 0 saturated heterocycles. The summed E-state index contributed by atoms with van der Waals surface area (Å²) in [4.78, 5) is 23.7. The molecule has 2 N–H and O–H groups in total. The fourth-order valence-corrected chi connectivity index (χ4v) is 3.69. The Morgan fingerprint density at radius 1 is 1.11 bits per heavy atom. The first-order valence-corrected chi connectivity index (χ1v) is 9.05. The van der Waals surface area contributed by atoms with Crippen molar-refractivity contribution in [3.05, 3.63) is 59.2 Å². The van der Waals surface area contributed by atoms with Crippen LogP contribution in [0.15, 0.2) is 42.5 Å². The Bertz CT molecular complexity index is 882. The van der Waals surface area contributed by atoms with Gasteiger partial charge in [-0.15, -0.1) is 0 Å². The van der Waals surface area contributed by atoms with Crippen LogP contribution in [0.4, 0.5) is 4.79 Å². The zero-order valence-corrected chi connectivity index (χ0v) is 16.1. The first-order valence-electron chi connectivity index (χ1n) is 9.05.